The predicted octanol–water partition coefficient (Wildman–Crippen LogP) is 5.52. The van der Waals surface area contributed by atoms with E-state index in [-0.39, 0.29) is 18.0 Å². The minimum Gasteiger partial charge on any atom is -0.378 e. The molecule has 0 bridgehead atoms. The molecule has 0 saturated carbocycles. The van der Waals surface area contributed by atoms with Crippen LogP contribution in [0.25, 0.3) is 10.9 Å². The van der Waals surface area contributed by atoms with E-state index in [0.29, 0.717) is 11.8 Å². The van der Waals surface area contributed by atoms with Gasteiger partial charge in [0.05, 0.1) is 6.04 Å². The normalized spacial score (nSPS) is 23.3. The van der Waals surface area contributed by atoms with Crippen LogP contribution in [0.4, 0.5) is 5.69 Å². The maximum atomic E-state index is 12.6. The van der Waals surface area contributed by atoms with Crippen LogP contribution in [0.15, 0.2) is 60.8 Å². The number of aromatic amines is 1. The van der Waals surface area contributed by atoms with Crippen LogP contribution >= 0.6 is 0 Å². The van der Waals surface area contributed by atoms with Gasteiger partial charge in [0.15, 0.2) is 0 Å². The smallest absolute Gasteiger partial charge is 0.251 e. The van der Waals surface area contributed by atoms with Crippen molar-refractivity contribution in [1.82, 2.24) is 10.3 Å². The molecule has 0 saturated heterocycles. The SMILES string of the molecule is CCC(C)NC(=O)c1ccc2c(c1)C1C=CCC1C(c1c[nH]c3ccccc13)N2. The number of carbonyl (C=O) groups is 1. The zero-order valence-corrected chi connectivity index (χ0v) is 16.9. The molecule has 2 aliphatic rings. The van der Waals surface area contributed by atoms with Gasteiger partial charge >= 0.3 is 0 Å². The van der Waals surface area contributed by atoms with Crippen LogP contribution in [-0.2, 0) is 0 Å². The summed E-state index contributed by atoms with van der Waals surface area (Å²) in [4.78, 5) is 16.1. The molecule has 4 heteroatoms. The molecule has 2 heterocycles. The first-order chi connectivity index (χ1) is 14.2. The summed E-state index contributed by atoms with van der Waals surface area (Å²) in [6.07, 6.45) is 8.74. The van der Waals surface area contributed by atoms with Gasteiger partial charge in [-0.25, -0.2) is 0 Å². The van der Waals surface area contributed by atoms with Crippen molar-refractivity contribution in [1.29, 1.82) is 0 Å². The standard InChI is InChI=1S/C25H27N3O/c1-3-15(2)27-25(29)16-11-12-23-20(13-16)17-8-6-9-19(17)24(28-23)21-14-26-22-10-5-4-7-18(21)22/h4-8,10-15,17,19,24,26,28H,3,9H2,1-2H3,(H,27,29). The lowest BCUT2D eigenvalue weighted by Crippen LogP contribution is -2.33. The Hall–Kier alpha value is -3.01. The highest BCUT2D eigenvalue weighted by molar-refractivity contribution is 5.95. The quantitative estimate of drug-likeness (QED) is 0.518. The molecule has 1 aliphatic carbocycles. The number of hydrogen-bond donors (Lipinski definition) is 3. The molecule has 3 N–H and O–H groups in total. The Morgan fingerprint density at radius 1 is 1.21 bits per heavy atom. The van der Waals surface area contributed by atoms with Crippen molar-refractivity contribution >= 4 is 22.5 Å². The van der Waals surface area contributed by atoms with Crippen molar-refractivity contribution in [2.45, 2.75) is 44.7 Å². The molecule has 1 aliphatic heterocycles. The Balaban J connectivity index is 1.51. The summed E-state index contributed by atoms with van der Waals surface area (Å²) in [5, 5.41) is 8.15. The van der Waals surface area contributed by atoms with Crippen molar-refractivity contribution in [3.8, 4) is 0 Å². The summed E-state index contributed by atoms with van der Waals surface area (Å²) < 4.78 is 0. The third-order valence-corrected chi connectivity index (χ3v) is 6.57. The molecule has 0 spiro atoms. The average molecular weight is 386 g/mol. The molecule has 4 unspecified atom stereocenters. The molecule has 4 nitrogen and oxygen atoms in total. The number of anilines is 1. The Kier molecular flexibility index (Phi) is 4.42. The van der Waals surface area contributed by atoms with E-state index in [9.17, 15) is 4.79 Å². The van der Waals surface area contributed by atoms with E-state index in [2.05, 4.69) is 77.3 Å². The van der Waals surface area contributed by atoms with Crippen molar-refractivity contribution in [3.63, 3.8) is 0 Å². The van der Waals surface area contributed by atoms with Crippen molar-refractivity contribution in [2.75, 3.05) is 5.32 Å². The number of aromatic nitrogens is 1. The van der Waals surface area contributed by atoms with E-state index in [1.54, 1.807) is 0 Å². The molecule has 1 amide bonds. The summed E-state index contributed by atoms with van der Waals surface area (Å²) in [5.74, 6) is 0.801. The lowest BCUT2D eigenvalue weighted by atomic mass is 9.76. The molecule has 0 fully saturated rings. The lowest BCUT2D eigenvalue weighted by Gasteiger charge is -2.37. The van der Waals surface area contributed by atoms with Gasteiger partial charge < -0.3 is 15.6 Å². The van der Waals surface area contributed by atoms with Gasteiger partial charge in [0.1, 0.15) is 0 Å². The van der Waals surface area contributed by atoms with Gasteiger partial charge in [0, 0.05) is 40.3 Å². The molecule has 2 aromatic carbocycles. The Labute approximate surface area is 171 Å². The number of carbonyl (C=O) groups excluding carboxylic acids is 1. The van der Waals surface area contributed by atoms with Gasteiger partial charge in [0.25, 0.3) is 5.91 Å². The van der Waals surface area contributed by atoms with Crippen molar-refractivity contribution < 1.29 is 4.79 Å². The van der Waals surface area contributed by atoms with E-state index in [1.165, 1.54) is 22.0 Å². The fourth-order valence-electron chi connectivity index (χ4n) is 4.80. The van der Waals surface area contributed by atoms with E-state index >= 15 is 0 Å². The summed E-state index contributed by atoms with van der Waals surface area (Å²) in [7, 11) is 0. The van der Waals surface area contributed by atoms with Crippen LogP contribution in [0.2, 0.25) is 0 Å². The molecule has 0 radical (unpaired) electrons. The van der Waals surface area contributed by atoms with Gasteiger partial charge in [-0.05, 0) is 61.1 Å². The number of fused-ring (bicyclic) bond motifs is 4. The fraction of sp³-hybridized carbons (Fsp3) is 0.320. The number of H-pyrrole nitrogens is 1. The first-order valence-electron chi connectivity index (χ1n) is 10.6. The topological polar surface area (TPSA) is 56.9 Å². The predicted molar refractivity (Wildman–Crippen MR) is 118 cm³/mol. The van der Waals surface area contributed by atoms with E-state index in [0.717, 1.165) is 24.1 Å². The molecular weight excluding hydrogens is 358 g/mol. The third kappa shape index (κ3) is 3.03. The number of para-hydroxylation sites is 1. The minimum absolute atomic E-state index is 0.0134. The second-order valence-electron chi connectivity index (χ2n) is 8.35. The Bertz CT molecular complexity index is 1100. The average Bonchev–Trinajstić information content (AvgIpc) is 3.40. The van der Waals surface area contributed by atoms with Crippen LogP contribution in [0.1, 0.15) is 60.1 Å². The first-order valence-corrected chi connectivity index (χ1v) is 10.6. The maximum absolute atomic E-state index is 12.6. The van der Waals surface area contributed by atoms with E-state index < -0.39 is 0 Å². The summed E-state index contributed by atoms with van der Waals surface area (Å²) in [6.45, 7) is 4.12. The number of allylic oxidation sites excluding steroid dienone is 2. The highest BCUT2D eigenvalue weighted by Gasteiger charge is 2.39. The van der Waals surface area contributed by atoms with Crippen molar-refractivity contribution in [2.24, 2.45) is 5.92 Å². The number of benzene rings is 2. The first kappa shape index (κ1) is 18.0. The van der Waals surface area contributed by atoms with Crippen LogP contribution in [0.5, 0.6) is 0 Å². The monoisotopic (exact) mass is 385 g/mol. The molecule has 3 aromatic rings. The molecular formula is C25H27N3O. The van der Waals surface area contributed by atoms with Crippen LogP contribution in [0.3, 0.4) is 0 Å². The zero-order chi connectivity index (χ0) is 20.0. The number of hydrogen-bond acceptors (Lipinski definition) is 2. The molecule has 5 rings (SSSR count). The molecule has 29 heavy (non-hydrogen) atoms. The number of amides is 1. The van der Waals surface area contributed by atoms with E-state index in [1.807, 2.05) is 13.0 Å². The van der Waals surface area contributed by atoms with Crippen molar-refractivity contribution in [3.05, 3.63) is 77.5 Å². The summed E-state index contributed by atoms with van der Waals surface area (Å²) >= 11 is 0. The highest BCUT2D eigenvalue weighted by atomic mass is 16.1. The number of rotatable bonds is 4. The van der Waals surface area contributed by atoms with Gasteiger partial charge in [-0.15, -0.1) is 0 Å². The van der Waals surface area contributed by atoms with Crippen LogP contribution < -0.4 is 10.6 Å². The molecule has 1 aromatic heterocycles. The fourth-order valence-corrected chi connectivity index (χ4v) is 4.80. The Morgan fingerprint density at radius 2 is 2.07 bits per heavy atom. The lowest BCUT2D eigenvalue weighted by molar-refractivity contribution is 0.0939. The zero-order valence-electron chi connectivity index (χ0n) is 16.9. The van der Waals surface area contributed by atoms with Gasteiger partial charge in [-0.2, -0.15) is 0 Å². The van der Waals surface area contributed by atoms with Crippen LogP contribution in [-0.4, -0.2) is 16.9 Å². The molecule has 148 valence electrons. The summed E-state index contributed by atoms with van der Waals surface area (Å²) in [6, 6.07) is 15.0. The maximum Gasteiger partial charge on any atom is 0.251 e. The van der Waals surface area contributed by atoms with Gasteiger partial charge in [0.2, 0.25) is 0 Å². The molecule has 4 atom stereocenters. The van der Waals surface area contributed by atoms with Gasteiger partial charge in [-0.1, -0.05) is 37.3 Å². The largest absolute Gasteiger partial charge is 0.378 e. The second kappa shape index (κ2) is 7.11. The second-order valence-corrected chi connectivity index (χ2v) is 8.35. The van der Waals surface area contributed by atoms with E-state index in [4.69, 9.17) is 0 Å². The third-order valence-electron chi connectivity index (χ3n) is 6.57. The minimum atomic E-state index is 0.0134. The highest BCUT2D eigenvalue weighted by Crippen LogP contribution is 2.50. The summed E-state index contributed by atoms with van der Waals surface area (Å²) in [5.41, 5.74) is 5.61. The van der Waals surface area contributed by atoms with Gasteiger partial charge in [-0.3, -0.25) is 4.79 Å². The Morgan fingerprint density at radius 3 is 2.93 bits per heavy atom. The van der Waals surface area contributed by atoms with Crippen LogP contribution in [0, 0.1) is 5.92 Å². The number of nitrogens with one attached hydrogen (secondary N) is 3.